The highest BCUT2D eigenvalue weighted by Crippen LogP contribution is 2.24. The Morgan fingerprint density at radius 2 is 1.86 bits per heavy atom. The molecule has 28 heavy (non-hydrogen) atoms. The molecule has 3 heterocycles. The molecular weight excluding hydrogens is 376 g/mol. The van der Waals surface area contributed by atoms with Gasteiger partial charge in [0.05, 0.1) is 25.2 Å². The molecule has 1 aromatic carbocycles. The molecule has 8 heteroatoms. The lowest BCUT2D eigenvalue weighted by Crippen LogP contribution is -2.41. The van der Waals surface area contributed by atoms with Crippen LogP contribution in [0.4, 0.5) is 0 Å². The van der Waals surface area contributed by atoms with E-state index in [1.54, 1.807) is 19.5 Å². The lowest BCUT2D eigenvalue weighted by molar-refractivity contribution is 0.0578. The van der Waals surface area contributed by atoms with Crippen LogP contribution < -0.4 is 9.47 Å². The third kappa shape index (κ3) is 4.12. The van der Waals surface area contributed by atoms with Crippen LogP contribution in [0.1, 0.15) is 22.6 Å². The summed E-state index contributed by atoms with van der Waals surface area (Å²) in [6, 6.07) is 10.2. The summed E-state index contributed by atoms with van der Waals surface area (Å²) in [6.07, 6.45) is 4.62. The zero-order valence-corrected chi connectivity index (χ0v) is 16.3. The van der Waals surface area contributed by atoms with E-state index in [2.05, 4.69) is 15.0 Å². The normalized spacial score (nSPS) is 14.7. The van der Waals surface area contributed by atoms with E-state index in [9.17, 15) is 4.79 Å². The number of benzene rings is 1. The average molecular weight is 396 g/mol. The predicted octanol–water partition coefficient (Wildman–Crippen LogP) is 3.29. The zero-order chi connectivity index (χ0) is 19.3. The second-order valence-electron chi connectivity index (χ2n) is 6.42. The van der Waals surface area contributed by atoms with Crippen LogP contribution in [0.3, 0.4) is 0 Å². The minimum absolute atomic E-state index is 0.00591. The lowest BCUT2D eigenvalue weighted by atomic mass is 10.1. The Balaban J connectivity index is 1.33. The van der Waals surface area contributed by atoms with Crippen molar-refractivity contribution in [2.45, 2.75) is 18.9 Å². The Labute approximate surface area is 167 Å². The maximum Gasteiger partial charge on any atom is 0.316 e. The lowest BCUT2D eigenvalue weighted by Gasteiger charge is -2.31. The first-order valence-corrected chi connectivity index (χ1v) is 9.94. The number of hydrogen-bond acceptors (Lipinski definition) is 7. The summed E-state index contributed by atoms with van der Waals surface area (Å²) in [5, 5.41) is 2.45. The molecule has 1 aliphatic heterocycles. The third-order valence-corrected chi connectivity index (χ3v) is 5.43. The number of carbonyl (C=O) groups is 1. The van der Waals surface area contributed by atoms with E-state index < -0.39 is 0 Å². The van der Waals surface area contributed by atoms with Gasteiger partial charge in [-0.25, -0.2) is 4.98 Å². The maximum absolute atomic E-state index is 12.8. The molecule has 3 aromatic rings. The first kappa shape index (κ1) is 18.4. The molecule has 0 saturated carbocycles. The number of aromatic nitrogens is 3. The van der Waals surface area contributed by atoms with Gasteiger partial charge >= 0.3 is 6.01 Å². The number of amides is 1. The summed E-state index contributed by atoms with van der Waals surface area (Å²) in [6.45, 7) is 1.25. The van der Waals surface area contributed by atoms with Crippen LogP contribution in [0, 0.1) is 0 Å². The molecule has 0 bridgehead atoms. The van der Waals surface area contributed by atoms with E-state index in [0.717, 1.165) is 24.1 Å². The van der Waals surface area contributed by atoms with E-state index in [0.29, 0.717) is 29.9 Å². The van der Waals surface area contributed by atoms with E-state index in [1.807, 2.05) is 40.6 Å². The van der Waals surface area contributed by atoms with Gasteiger partial charge in [-0.2, -0.15) is 9.97 Å². The van der Waals surface area contributed by atoms with Crippen LogP contribution in [0.15, 0.2) is 48.1 Å². The molecule has 144 valence electrons. The van der Waals surface area contributed by atoms with Gasteiger partial charge in [-0.1, -0.05) is 30.3 Å². The second-order valence-corrected chi connectivity index (χ2v) is 7.28. The monoisotopic (exact) mass is 396 g/mol. The van der Waals surface area contributed by atoms with Gasteiger partial charge in [0.15, 0.2) is 10.8 Å². The number of nitrogens with zero attached hydrogens (tertiary/aromatic N) is 4. The predicted molar refractivity (Wildman–Crippen MR) is 106 cm³/mol. The van der Waals surface area contributed by atoms with Crippen molar-refractivity contribution >= 4 is 17.2 Å². The number of likely N-dealkylation sites (tertiary alicyclic amines) is 1. The summed E-state index contributed by atoms with van der Waals surface area (Å²) in [5.41, 5.74) is 1.85. The van der Waals surface area contributed by atoms with E-state index in [-0.39, 0.29) is 12.0 Å². The molecule has 0 N–H and O–H groups in total. The van der Waals surface area contributed by atoms with Crippen molar-refractivity contribution in [1.82, 2.24) is 19.9 Å². The molecule has 1 aliphatic rings. The molecule has 0 aliphatic carbocycles. The topological polar surface area (TPSA) is 77.4 Å². The summed E-state index contributed by atoms with van der Waals surface area (Å²) in [4.78, 5) is 27.4. The largest absolute Gasteiger partial charge is 0.494 e. The van der Waals surface area contributed by atoms with Gasteiger partial charge in [-0.05, 0) is 0 Å². The molecule has 0 radical (unpaired) electrons. The number of thiazole rings is 1. The van der Waals surface area contributed by atoms with Crippen LogP contribution in [0.5, 0.6) is 11.8 Å². The molecule has 1 fully saturated rings. The first-order valence-electron chi connectivity index (χ1n) is 9.06. The molecule has 0 unspecified atom stereocenters. The average Bonchev–Trinajstić information content (AvgIpc) is 3.25. The second kappa shape index (κ2) is 8.35. The Morgan fingerprint density at radius 3 is 2.54 bits per heavy atom. The van der Waals surface area contributed by atoms with Crippen molar-refractivity contribution in [2.75, 3.05) is 20.2 Å². The Kier molecular flexibility index (Phi) is 5.48. The standard InChI is InChI=1S/C20H20N4O3S/c1-26-16-11-21-20(22-12-16)27-15-7-9-24(10-8-15)19(25)18-23-17(13-28-18)14-5-3-2-4-6-14/h2-6,11-13,15H,7-10H2,1H3. The van der Waals surface area contributed by atoms with Crippen molar-refractivity contribution in [3.05, 3.63) is 53.1 Å². The highest BCUT2D eigenvalue weighted by Gasteiger charge is 2.27. The van der Waals surface area contributed by atoms with Gasteiger partial charge < -0.3 is 14.4 Å². The summed E-state index contributed by atoms with van der Waals surface area (Å²) >= 11 is 1.39. The fraction of sp³-hybridized carbons (Fsp3) is 0.300. The number of rotatable bonds is 5. The van der Waals surface area contributed by atoms with E-state index >= 15 is 0 Å². The number of hydrogen-bond donors (Lipinski definition) is 0. The van der Waals surface area contributed by atoms with Gasteiger partial charge in [0.25, 0.3) is 5.91 Å². The minimum Gasteiger partial charge on any atom is -0.494 e. The summed E-state index contributed by atoms with van der Waals surface area (Å²) in [7, 11) is 1.57. The minimum atomic E-state index is -0.0219. The zero-order valence-electron chi connectivity index (χ0n) is 15.4. The van der Waals surface area contributed by atoms with Crippen LogP contribution >= 0.6 is 11.3 Å². The molecule has 0 spiro atoms. The summed E-state index contributed by atoms with van der Waals surface area (Å²) in [5.74, 6) is 0.567. The van der Waals surface area contributed by atoms with Gasteiger partial charge in [0.2, 0.25) is 0 Å². The Hall–Kier alpha value is -3.00. The van der Waals surface area contributed by atoms with Crippen molar-refractivity contribution in [3.63, 3.8) is 0 Å². The highest BCUT2D eigenvalue weighted by atomic mass is 32.1. The van der Waals surface area contributed by atoms with Crippen molar-refractivity contribution < 1.29 is 14.3 Å². The van der Waals surface area contributed by atoms with Gasteiger partial charge in [0, 0.05) is 36.9 Å². The third-order valence-electron chi connectivity index (χ3n) is 4.60. The van der Waals surface area contributed by atoms with Crippen LogP contribution in [0.2, 0.25) is 0 Å². The molecule has 7 nitrogen and oxygen atoms in total. The number of carbonyl (C=O) groups excluding carboxylic acids is 1. The van der Waals surface area contributed by atoms with Crippen molar-refractivity contribution in [1.29, 1.82) is 0 Å². The fourth-order valence-corrected chi connectivity index (χ4v) is 3.84. The molecule has 1 saturated heterocycles. The SMILES string of the molecule is COc1cnc(OC2CCN(C(=O)c3nc(-c4ccccc4)cs3)CC2)nc1. The van der Waals surface area contributed by atoms with Crippen LogP contribution in [-0.4, -0.2) is 52.1 Å². The smallest absolute Gasteiger partial charge is 0.316 e. The number of ether oxygens (including phenoxy) is 2. The van der Waals surface area contributed by atoms with Crippen LogP contribution in [-0.2, 0) is 0 Å². The number of piperidine rings is 1. The molecule has 2 aromatic heterocycles. The quantitative estimate of drug-likeness (QED) is 0.659. The van der Waals surface area contributed by atoms with E-state index in [4.69, 9.17) is 9.47 Å². The van der Waals surface area contributed by atoms with Gasteiger partial charge in [0.1, 0.15) is 6.10 Å². The van der Waals surface area contributed by atoms with E-state index in [1.165, 1.54) is 11.3 Å². The highest BCUT2D eigenvalue weighted by molar-refractivity contribution is 7.12. The van der Waals surface area contributed by atoms with Crippen LogP contribution in [0.25, 0.3) is 11.3 Å². The van der Waals surface area contributed by atoms with Crippen molar-refractivity contribution in [2.24, 2.45) is 0 Å². The van der Waals surface area contributed by atoms with Gasteiger partial charge in [-0.3, -0.25) is 4.79 Å². The number of methoxy groups -OCH3 is 1. The Morgan fingerprint density at radius 1 is 1.14 bits per heavy atom. The molecule has 1 amide bonds. The first-order chi connectivity index (χ1) is 13.7. The van der Waals surface area contributed by atoms with Gasteiger partial charge in [-0.15, -0.1) is 11.3 Å². The fourth-order valence-electron chi connectivity index (χ4n) is 3.05. The molecule has 0 atom stereocenters. The van der Waals surface area contributed by atoms with Crippen molar-refractivity contribution in [3.8, 4) is 23.0 Å². The molecule has 4 rings (SSSR count). The molecular formula is C20H20N4O3S. The Bertz CT molecular complexity index is 922. The maximum atomic E-state index is 12.8. The summed E-state index contributed by atoms with van der Waals surface area (Å²) < 4.78 is 10.9.